The molecule has 1 aliphatic carbocycles. The summed E-state index contributed by atoms with van der Waals surface area (Å²) in [5.41, 5.74) is 0.601. The molecule has 1 amide bonds. The summed E-state index contributed by atoms with van der Waals surface area (Å²) >= 11 is 0. The molecular weight excluding hydrogens is 286 g/mol. The molecule has 1 aliphatic heterocycles. The number of hydrogen-bond acceptors (Lipinski definition) is 4. The number of anilines is 1. The molecule has 22 heavy (non-hydrogen) atoms. The molecular formula is C16H19NO5. The summed E-state index contributed by atoms with van der Waals surface area (Å²) in [7, 11) is 0. The first-order valence-corrected chi connectivity index (χ1v) is 7.58. The Morgan fingerprint density at radius 1 is 1.05 bits per heavy atom. The second-order valence-corrected chi connectivity index (χ2v) is 5.68. The summed E-state index contributed by atoms with van der Waals surface area (Å²) in [6.07, 6.45) is 2.94. The first-order valence-electron chi connectivity index (χ1n) is 7.58. The predicted molar refractivity (Wildman–Crippen MR) is 79.1 cm³/mol. The number of amides is 1. The van der Waals surface area contributed by atoms with Gasteiger partial charge >= 0.3 is 5.97 Å². The molecule has 6 heteroatoms. The normalized spacial score (nSPS) is 23.6. The van der Waals surface area contributed by atoms with E-state index in [4.69, 9.17) is 9.47 Å². The van der Waals surface area contributed by atoms with Crippen LogP contribution in [0.4, 0.5) is 5.69 Å². The van der Waals surface area contributed by atoms with E-state index in [-0.39, 0.29) is 5.91 Å². The molecule has 6 nitrogen and oxygen atoms in total. The average Bonchev–Trinajstić information content (AvgIpc) is 2.54. The monoisotopic (exact) mass is 305 g/mol. The topological polar surface area (TPSA) is 84.9 Å². The maximum absolute atomic E-state index is 12.4. The molecule has 118 valence electrons. The van der Waals surface area contributed by atoms with Crippen LogP contribution in [-0.2, 0) is 9.59 Å². The van der Waals surface area contributed by atoms with E-state index in [0.29, 0.717) is 43.2 Å². The molecule has 3 rings (SSSR count). The van der Waals surface area contributed by atoms with Crippen molar-refractivity contribution in [2.75, 3.05) is 18.5 Å². The van der Waals surface area contributed by atoms with E-state index < -0.39 is 17.8 Å². The fourth-order valence-corrected chi connectivity index (χ4v) is 3.10. The largest absolute Gasteiger partial charge is 0.486 e. The van der Waals surface area contributed by atoms with Gasteiger partial charge in [-0.15, -0.1) is 0 Å². The lowest BCUT2D eigenvalue weighted by Gasteiger charge is -2.27. The summed E-state index contributed by atoms with van der Waals surface area (Å²) < 4.78 is 10.9. The molecule has 1 aromatic rings. The lowest BCUT2D eigenvalue weighted by Crippen LogP contribution is -2.36. The van der Waals surface area contributed by atoms with Gasteiger partial charge in [0.25, 0.3) is 0 Å². The summed E-state index contributed by atoms with van der Waals surface area (Å²) in [6, 6.07) is 5.20. The molecule has 1 saturated carbocycles. The predicted octanol–water partition coefficient (Wildman–Crippen LogP) is 2.29. The van der Waals surface area contributed by atoms with Gasteiger partial charge in [-0.2, -0.15) is 0 Å². The van der Waals surface area contributed by atoms with E-state index in [1.54, 1.807) is 18.2 Å². The highest BCUT2D eigenvalue weighted by molar-refractivity contribution is 5.95. The molecule has 1 fully saturated rings. The Labute approximate surface area is 128 Å². The first kappa shape index (κ1) is 14.7. The average molecular weight is 305 g/mol. The molecule has 2 N–H and O–H groups in total. The smallest absolute Gasteiger partial charge is 0.307 e. The second kappa shape index (κ2) is 6.25. The molecule has 1 heterocycles. The third-order valence-corrected chi connectivity index (χ3v) is 4.23. The molecule has 0 saturated heterocycles. The van der Waals surface area contributed by atoms with Crippen LogP contribution >= 0.6 is 0 Å². The number of aliphatic carboxylic acids is 1. The van der Waals surface area contributed by atoms with Crippen molar-refractivity contribution in [3.8, 4) is 11.5 Å². The van der Waals surface area contributed by atoms with Gasteiger partial charge in [-0.05, 0) is 25.0 Å². The van der Waals surface area contributed by atoms with Crippen molar-refractivity contribution in [1.82, 2.24) is 0 Å². The highest BCUT2D eigenvalue weighted by Gasteiger charge is 2.35. The Kier molecular flexibility index (Phi) is 4.18. The maximum atomic E-state index is 12.4. The van der Waals surface area contributed by atoms with Crippen molar-refractivity contribution >= 4 is 17.6 Å². The van der Waals surface area contributed by atoms with Gasteiger partial charge in [0.15, 0.2) is 11.5 Å². The Hall–Kier alpha value is -2.24. The van der Waals surface area contributed by atoms with Crippen LogP contribution in [0.5, 0.6) is 11.5 Å². The molecule has 1 aromatic carbocycles. The summed E-state index contributed by atoms with van der Waals surface area (Å²) in [4.78, 5) is 23.7. The van der Waals surface area contributed by atoms with Gasteiger partial charge in [0.05, 0.1) is 11.8 Å². The van der Waals surface area contributed by atoms with Crippen LogP contribution in [0.3, 0.4) is 0 Å². The molecule has 0 bridgehead atoms. The van der Waals surface area contributed by atoms with Gasteiger partial charge in [-0.25, -0.2) is 0 Å². The molecule has 2 aliphatic rings. The van der Waals surface area contributed by atoms with E-state index in [1.807, 2.05) is 0 Å². The Morgan fingerprint density at radius 2 is 1.73 bits per heavy atom. The Morgan fingerprint density at radius 3 is 2.45 bits per heavy atom. The van der Waals surface area contributed by atoms with Crippen LogP contribution in [0.25, 0.3) is 0 Å². The van der Waals surface area contributed by atoms with Crippen molar-refractivity contribution in [3.63, 3.8) is 0 Å². The Bertz CT molecular complexity index is 586. The molecule has 0 radical (unpaired) electrons. The fraction of sp³-hybridized carbons (Fsp3) is 0.500. The molecule has 0 unspecified atom stereocenters. The van der Waals surface area contributed by atoms with Crippen LogP contribution < -0.4 is 14.8 Å². The van der Waals surface area contributed by atoms with Crippen LogP contribution in [0, 0.1) is 11.8 Å². The summed E-state index contributed by atoms with van der Waals surface area (Å²) in [5, 5.41) is 12.1. The molecule has 0 spiro atoms. The van der Waals surface area contributed by atoms with Crippen LogP contribution in [-0.4, -0.2) is 30.2 Å². The minimum atomic E-state index is -0.887. The van der Waals surface area contributed by atoms with Crippen LogP contribution in [0.2, 0.25) is 0 Å². The number of carbonyl (C=O) groups is 2. The third-order valence-electron chi connectivity index (χ3n) is 4.23. The lowest BCUT2D eigenvalue weighted by molar-refractivity contribution is -0.147. The van der Waals surface area contributed by atoms with Crippen LogP contribution in [0.15, 0.2) is 18.2 Å². The second-order valence-electron chi connectivity index (χ2n) is 5.68. The van der Waals surface area contributed by atoms with Crippen molar-refractivity contribution in [1.29, 1.82) is 0 Å². The van der Waals surface area contributed by atoms with E-state index >= 15 is 0 Å². The van der Waals surface area contributed by atoms with Crippen molar-refractivity contribution in [2.24, 2.45) is 11.8 Å². The van der Waals surface area contributed by atoms with E-state index in [9.17, 15) is 14.7 Å². The standard InChI is InChI=1S/C16H19NO5/c18-15(11-3-1-2-4-12(11)16(19)20)17-10-5-6-13-14(9-10)22-8-7-21-13/h5-6,9,11-12H,1-4,7-8H2,(H,17,18)(H,19,20)/t11-,12-/m0/s1. The van der Waals surface area contributed by atoms with E-state index in [0.717, 1.165) is 12.8 Å². The Balaban J connectivity index is 1.71. The number of fused-ring (bicyclic) bond motifs is 1. The molecule has 0 aromatic heterocycles. The zero-order valence-electron chi connectivity index (χ0n) is 12.2. The number of carboxylic acid groups (broad SMARTS) is 1. The SMILES string of the molecule is O=C(O)[C@H]1CCCC[C@@H]1C(=O)Nc1ccc2c(c1)OCCO2. The van der Waals surface area contributed by atoms with E-state index in [1.165, 1.54) is 0 Å². The quantitative estimate of drug-likeness (QED) is 0.895. The van der Waals surface area contributed by atoms with Crippen molar-refractivity contribution in [2.45, 2.75) is 25.7 Å². The van der Waals surface area contributed by atoms with Crippen LogP contribution in [0.1, 0.15) is 25.7 Å². The van der Waals surface area contributed by atoms with Crippen molar-refractivity contribution < 1.29 is 24.2 Å². The van der Waals surface area contributed by atoms with Gasteiger partial charge in [0.2, 0.25) is 5.91 Å². The number of nitrogens with one attached hydrogen (secondary N) is 1. The van der Waals surface area contributed by atoms with Gasteiger partial charge in [0.1, 0.15) is 13.2 Å². The minimum Gasteiger partial charge on any atom is -0.486 e. The highest BCUT2D eigenvalue weighted by atomic mass is 16.6. The van der Waals surface area contributed by atoms with Gasteiger partial charge in [-0.3, -0.25) is 9.59 Å². The number of benzene rings is 1. The first-order chi connectivity index (χ1) is 10.6. The van der Waals surface area contributed by atoms with Gasteiger partial charge < -0.3 is 19.9 Å². The lowest BCUT2D eigenvalue weighted by atomic mass is 9.78. The van der Waals surface area contributed by atoms with Crippen molar-refractivity contribution in [3.05, 3.63) is 18.2 Å². The number of carbonyl (C=O) groups excluding carboxylic acids is 1. The van der Waals surface area contributed by atoms with Gasteiger partial charge in [0, 0.05) is 11.8 Å². The molecule has 2 atom stereocenters. The maximum Gasteiger partial charge on any atom is 0.307 e. The van der Waals surface area contributed by atoms with Gasteiger partial charge in [-0.1, -0.05) is 12.8 Å². The van der Waals surface area contributed by atoms with E-state index in [2.05, 4.69) is 5.32 Å². The summed E-state index contributed by atoms with van der Waals surface area (Å²) in [6.45, 7) is 0.995. The number of hydrogen-bond donors (Lipinski definition) is 2. The zero-order chi connectivity index (χ0) is 15.5. The summed E-state index contributed by atoms with van der Waals surface area (Å²) in [5.74, 6) is -0.927. The number of carboxylic acids is 1. The third kappa shape index (κ3) is 3.00. The fourth-order valence-electron chi connectivity index (χ4n) is 3.10. The number of rotatable bonds is 3. The highest BCUT2D eigenvalue weighted by Crippen LogP contribution is 2.34. The zero-order valence-corrected chi connectivity index (χ0v) is 12.2. The number of ether oxygens (including phenoxy) is 2. The minimum absolute atomic E-state index is 0.233.